The molecule has 0 saturated heterocycles. The molecule has 0 unspecified atom stereocenters. The summed E-state index contributed by atoms with van der Waals surface area (Å²) < 4.78 is 0. The molecular formula is C9H5ClN2O3. The van der Waals surface area contributed by atoms with Gasteiger partial charge in [-0.25, -0.2) is 0 Å². The largest absolute Gasteiger partial charge is 0.294 e. The zero-order valence-electron chi connectivity index (χ0n) is 7.65. The van der Waals surface area contributed by atoms with E-state index in [0.717, 1.165) is 12.1 Å². The molecule has 76 valence electrons. The number of hydrogen-bond donors (Lipinski definition) is 0. The Hall–Kier alpha value is -1.93. The average Bonchev–Trinajstić information content (AvgIpc) is 2.16. The van der Waals surface area contributed by atoms with Gasteiger partial charge in [0.1, 0.15) is 11.6 Å². The Bertz CT molecular complexity index is 491. The fourth-order valence-corrected chi connectivity index (χ4v) is 1.36. The minimum atomic E-state index is -0.714. The predicted molar refractivity (Wildman–Crippen MR) is 52.8 cm³/mol. The van der Waals surface area contributed by atoms with Crippen LogP contribution in [0, 0.1) is 21.4 Å². The normalized spacial score (nSPS) is 9.40. The first-order chi connectivity index (χ1) is 6.97. The predicted octanol–water partition coefficient (Wildman–Crippen LogP) is 2.32. The second-order valence-corrected chi connectivity index (χ2v) is 3.18. The third-order valence-corrected chi connectivity index (χ3v) is 2.09. The molecule has 0 bridgehead atoms. The zero-order chi connectivity index (χ0) is 11.6. The fourth-order valence-electron chi connectivity index (χ4n) is 1.07. The number of rotatable bonds is 2. The molecule has 1 aromatic rings. The minimum Gasteiger partial charge on any atom is -0.294 e. The highest BCUT2D eigenvalue weighted by Gasteiger charge is 2.18. The van der Waals surface area contributed by atoms with Crippen molar-refractivity contribution in [1.29, 1.82) is 5.26 Å². The molecule has 0 aliphatic carbocycles. The molecule has 6 heteroatoms. The molecule has 0 aliphatic heterocycles. The second-order valence-electron chi connectivity index (χ2n) is 2.77. The van der Waals surface area contributed by atoms with Crippen molar-refractivity contribution in [3.8, 4) is 6.07 Å². The molecule has 0 radical (unpaired) electrons. The number of hydrogen-bond acceptors (Lipinski definition) is 4. The number of ketones is 1. The van der Waals surface area contributed by atoms with Crippen LogP contribution in [0.3, 0.4) is 0 Å². The Kier molecular flexibility index (Phi) is 3.02. The Morgan fingerprint density at radius 3 is 2.60 bits per heavy atom. The van der Waals surface area contributed by atoms with E-state index in [4.69, 9.17) is 16.9 Å². The van der Waals surface area contributed by atoms with E-state index >= 15 is 0 Å². The van der Waals surface area contributed by atoms with Gasteiger partial charge in [-0.3, -0.25) is 14.9 Å². The Morgan fingerprint density at radius 1 is 1.60 bits per heavy atom. The highest BCUT2D eigenvalue weighted by molar-refractivity contribution is 6.34. The van der Waals surface area contributed by atoms with Gasteiger partial charge in [-0.1, -0.05) is 11.6 Å². The summed E-state index contributed by atoms with van der Waals surface area (Å²) in [5.74, 6) is -0.341. The van der Waals surface area contributed by atoms with E-state index < -0.39 is 10.6 Å². The first-order valence-electron chi connectivity index (χ1n) is 3.86. The van der Waals surface area contributed by atoms with E-state index in [9.17, 15) is 14.9 Å². The van der Waals surface area contributed by atoms with Crippen LogP contribution in [0.2, 0.25) is 5.02 Å². The first kappa shape index (κ1) is 11.1. The second kappa shape index (κ2) is 4.07. The number of carbonyl (C=O) groups excluding carboxylic acids is 1. The summed E-state index contributed by atoms with van der Waals surface area (Å²) in [6, 6.07) is 3.79. The van der Waals surface area contributed by atoms with E-state index in [0.29, 0.717) is 0 Å². The number of nitrogens with zero attached hydrogens (tertiary/aromatic N) is 2. The van der Waals surface area contributed by atoms with Gasteiger partial charge in [-0.05, 0) is 13.0 Å². The maximum atomic E-state index is 11.1. The summed E-state index contributed by atoms with van der Waals surface area (Å²) in [6.07, 6.45) is 0. The first-order valence-corrected chi connectivity index (χ1v) is 4.24. The standard InChI is InChI=1S/C9H5ClN2O3/c1-5(13)7-2-6(4-11)9(12(14)15)3-8(7)10/h2-3H,1H3. The lowest BCUT2D eigenvalue weighted by Crippen LogP contribution is -1.98. The van der Waals surface area contributed by atoms with Gasteiger partial charge in [-0.2, -0.15) is 5.26 Å². The summed E-state index contributed by atoms with van der Waals surface area (Å²) in [4.78, 5) is 20.9. The number of benzene rings is 1. The van der Waals surface area contributed by atoms with Crippen molar-refractivity contribution in [1.82, 2.24) is 0 Å². The lowest BCUT2D eigenvalue weighted by molar-refractivity contribution is -0.385. The molecule has 0 N–H and O–H groups in total. The third kappa shape index (κ3) is 2.11. The zero-order valence-corrected chi connectivity index (χ0v) is 8.41. The molecule has 15 heavy (non-hydrogen) atoms. The molecule has 0 aromatic heterocycles. The van der Waals surface area contributed by atoms with Gasteiger partial charge in [0.25, 0.3) is 5.69 Å². The SMILES string of the molecule is CC(=O)c1cc(C#N)c([N+](=O)[O-])cc1Cl. The highest BCUT2D eigenvalue weighted by atomic mass is 35.5. The molecule has 0 heterocycles. The van der Waals surface area contributed by atoms with Gasteiger partial charge in [0.15, 0.2) is 5.78 Å². The van der Waals surface area contributed by atoms with Crippen LogP contribution in [-0.2, 0) is 0 Å². The van der Waals surface area contributed by atoms with E-state index in [1.165, 1.54) is 6.92 Å². The van der Waals surface area contributed by atoms with Gasteiger partial charge in [0.2, 0.25) is 0 Å². The number of nitriles is 1. The lowest BCUT2D eigenvalue weighted by atomic mass is 10.1. The molecule has 0 aliphatic rings. The van der Waals surface area contributed by atoms with Crippen molar-refractivity contribution in [3.63, 3.8) is 0 Å². The van der Waals surface area contributed by atoms with Crippen LogP contribution < -0.4 is 0 Å². The van der Waals surface area contributed by atoms with E-state index in [2.05, 4.69) is 0 Å². The van der Waals surface area contributed by atoms with E-state index in [1.54, 1.807) is 6.07 Å². The van der Waals surface area contributed by atoms with Crippen LogP contribution in [0.15, 0.2) is 12.1 Å². The molecular weight excluding hydrogens is 220 g/mol. The molecule has 5 nitrogen and oxygen atoms in total. The fraction of sp³-hybridized carbons (Fsp3) is 0.111. The Morgan fingerprint density at radius 2 is 2.20 bits per heavy atom. The summed E-state index contributed by atoms with van der Waals surface area (Å²) in [5.41, 5.74) is -0.457. The maximum absolute atomic E-state index is 11.1. The van der Waals surface area contributed by atoms with Gasteiger partial charge in [0.05, 0.1) is 9.95 Å². The van der Waals surface area contributed by atoms with Crippen LogP contribution in [-0.4, -0.2) is 10.7 Å². The monoisotopic (exact) mass is 224 g/mol. The van der Waals surface area contributed by atoms with Gasteiger partial charge < -0.3 is 0 Å². The Balaban J connectivity index is 3.51. The molecule has 0 amide bonds. The van der Waals surface area contributed by atoms with Crippen molar-refractivity contribution in [2.24, 2.45) is 0 Å². The van der Waals surface area contributed by atoms with Crippen molar-refractivity contribution in [3.05, 3.63) is 38.4 Å². The van der Waals surface area contributed by atoms with Crippen molar-refractivity contribution in [2.75, 3.05) is 0 Å². The highest BCUT2D eigenvalue weighted by Crippen LogP contribution is 2.26. The number of nitro groups is 1. The van der Waals surface area contributed by atoms with Gasteiger partial charge >= 0.3 is 0 Å². The molecule has 1 aromatic carbocycles. The van der Waals surface area contributed by atoms with E-state index in [-0.39, 0.29) is 21.9 Å². The summed E-state index contributed by atoms with van der Waals surface area (Å²) >= 11 is 5.66. The number of halogens is 1. The van der Waals surface area contributed by atoms with Crippen LogP contribution >= 0.6 is 11.6 Å². The third-order valence-electron chi connectivity index (χ3n) is 1.78. The van der Waals surface area contributed by atoms with Crippen molar-refractivity contribution >= 4 is 23.1 Å². The Labute approximate surface area is 90.0 Å². The van der Waals surface area contributed by atoms with Gasteiger partial charge in [-0.15, -0.1) is 0 Å². The summed E-state index contributed by atoms with van der Waals surface area (Å²) in [5, 5.41) is 19.2. The lowest BCUT2D eigenvalue weighted by Gasteiger charge is -2.01. The smallest absolute Gasteiger partial charge is 0.288 e. The molecule has 1 rings (SSSR count). The minimum absolute atomic E-state index is 0.0202. The van der Waals surface area contributed by atoms with Crippen LogP contribution in [0.25, 0.3) is 0 Å². The topological polar surface area (TPSA) is 84.0 Å². The number of carbonyl (C=O) groups is 1. The summed E-state index contributed by atoms with van der Waals surface area (Å²) in [6.45, 7) is 1.27. The van der Waals surface area contributed by atoms with Crippen LogP contribution in [0.4, 0.5) is 5.69 Å². The van der Waals surface area contributed by atoms with Crippen molar-refractivity contribution in [2.45, 2.75) is 6.92 Å². The average molecular weight is 225 g/mol. The molecule has 0 saturated carbocycles. The summed E-state index contributed by atoms with van der Waals surface area (Å²) in [7, 11) is 0. The molecule has 0 atom stereocenters. The number of nitro benzene ring substituents is 1. The quantitative estimate of drug-likeness (QED) is 0.438. The van der Waals surface area contributed by atoms with Crippen molar-refractivity contribution < 1.29 is 9.72 Å². The molecule has 0 spiro atoms. The van der Waals surface area contributed by atoms with Crippen LogP contribution in [0.5, 0.6) is 0 Å². The molecule has 0 fully saturated rings. The van der Waals surface area contributed by atoms with Gasteiger partial charge in [0, 0.05) is 11.6 Å². The van der Waals surface area contributed by atoms with E-state index in [1.807, 2.05) is 0 Å². The maximum Gasteiger partial charge on any atom is 0.288 e. The number of Topliss-reactive ketones (excluding diaryl/α,β-unsaturated/α-hetero) is 1. The van der Waals surface area contributed by atoms with Crippen LogP contribution in [0.1, 0.15) is 22.8 Å².